The molecule has 1 heterocycles. The van der Waals surface area contributed by atoms with Gasteiger partial charge >= 0.3 is 0 Å². The number of hydrogen-bond donors (Lipinski definition) is 4. The molecular weight excluding hydrogens is 424 g/mol. The first-order valence-corrected chi connectivity index (χ1v) is 11.6. The van der Waals surface area contributed by atoms with Crippen LogP contribution in [-0.4, -0.2) is 41.4 Å². The molecule has 1 atom stereocenters. The summed E-state index contributed by atoms with van der Waals surface area (Å²) in [7, 11) is 3.62. The lowest BCUT2D eigenvalue weighted by Gasteiger charge is -2.14. The van der Waals surface area contributed by atoms with Crippen LogP contribution in [0.5, 0.6) is 0 Å². The minimum absolute atomic E-state index is 0.0368. The van der Waals surface area contributed by atoms with E-state index in [1.165, 1.54) is 11.8 Å². The van der Waals surface area contributed by atoms with Gasteiger partial charge in [-0.1, -0.05) is 32.0 Å². The number of hydrazine groups is 1. The van der Waals surface area contributed by atoms with Gasteiger partial charge in [0.25, 0.3) is 0 Å². The second-order valence-corrected chi connectivity index (χ2v) is 8.32. The maximum Gasteiger partial charge on any atom is 0.233 e. The molecule has 2 rings (SSSR count). The van der Waals surface area contributed by atoms with Crippen LogP contribution >= 0.6 is 11.8 Å². The van der Waals surface area contributed by atoms with Crippen molar-refractivity contribution in [3.8, 4) is 0 Å². The van der Waals surface area contributed by atoms with Gasteiger partial charge in [-0.05, 0) is 37.6 Å². The highest BCUT2D eigenvalue weighted by Crippen LogP contribution is 2.27. The number of amidine groups is 1. The normalized spacial score (nSPS) is 13.2. The van der Waals surface area contributed by atoms with E-state index in [4.69, 9.17) is 5.73 Å². The molecule has 0 aliphatic rings. The van der Waals surface area contributed by atoms with Crippen LogP contribution in [0.15, 0.2) is 50.2 Å². The summed E-state index contributed by atoms with van der Waals surface area (Å²) in [5, 5.41) is 3.73. The van der Waals surface area contributed by atoms with Crippen molar-refractivity contribution in [1.82, 2.24) is 20.4 Å². The summed E-state index contributed by atoms with van der Waals surface area (Å²) in [6, 6.07) is 9.60. The highest BCUT2D eigenvalue weighted by molar-refractivity contribution is 7.99. The van der Waals surface area contributed by atoms with E-state index < -0.39 is 0 Å². The summed E-state index contributed by atoms with van der Waals surface area (Å²) < 4.78 is 1.84. The molecule has 0 spiro atoms. The Hall–Kier alpha value is -2.69. The summed E-state index contributed by atoms with van der Waals surface area (Å²) in [6.45, 7) is 7.05. The van der Waals surface area contributed by atoms with Crippen LogP contribution in [0.4, 0.5) is 11.6 Å². The Bertz CT molecular complexity index is 984. The van der Waals surface area contributed by atoms with Crippen LogP contribution < -0.4 is 27.4 Å². The SMILES string of the molecule is CCCC(CN)C(=O)Nc1ccc(Sc2cc(=NC)n(C)c(/N=C(\C)NNCC)n2)cc1. The Morgan fingerprint density at radius 1 is 1.28 bits per heavy atom. The number of rotatable bonds is 10. The lowest BCUT2D eigenvalue weighted by molar-refractivity contribution is -0.119. The maximum absolute atomic E-state index is 12.4. The van der Waals surface area contributed by atoms with Gasteiger partial charge in [0.15, 0.2) is 0 Å². The molecule has 0 aliphatic carbocycles. The lowest BCUT2D eigenvalue weighted by Crippen LogP contribution is -2.35. The van der Waals surface area contributed by atoms with Gasteiger partial charge in [0.2, 0.25) is 11.9 Å². The van der Waals surface area contributed by atoms with E-state index in [1.54, 1.807) is 7.05 Å². The van der Waals surface area contributed by atoms with Crippen LogP contribution in [0.3, 0.4) is 0 Å². The second kappa shape index (κ2) is 13.0. The van der Waals surface area contributed by atoms with Gasteiger partial charge in [0.05, 0.1) is 5.92 Å². The third-order valence-electron chi connectivity index (χ3n) is 4.69. The number of amides is 1. The molecule has 9 nitrogen and oxygen atoms in total. The number of anilines is 1. The smallest absolute Gasteiger partial charge is 0.233 e. The van der Waals surface area contributed by atoms with E-state index in [9.17, 15) is 4.79 Å². The van der Waals surface area contributed by atoms with Gasteiger partial charge in [-0.2, -0.15) is 4.99 Å². The molecule has 5 N–H and O–H groups in total. The van der Waals surface area contributed by atoms with Crippen molar-refractivity contribution in [3.05, 3.63) is 35.8 Å². The monoisotopic (exact) mass is 458 g/mol. The van der Waals surface area contributed by atoms with Gasteiger partial charge in [-0.3, -0.25) is 14.4 Å². The van der Waals surface area contributed by atoms with Crippen molar-refractivity contribution < 1.29 is 4.79 Å². The molecule has 1 aromatic carbocycles. The molecule has 10 heteroatoms. The van der Waals surface area contributed by atoms with E-state index in [1.807, 2.05) is 62.7 Å². The molecule has 0 aliphatic heterocycles. The number of hydrogen-bond acceptors (Lipinski definition) is 7. The van der Waals surface area contributed by atoms with E-state index in [-0.39, 0.29) is 11.8 Å². The van der Waals surface area contributed by atoms with Gasteiger partial charge in [-0.15, -0.1) is 0 Å². The Kier molecular flexibility index (Phi) is 10.4. The predicted octanol–water partition coefficient (Wildman–Crippen LogP) is 2.58. The standard InChI is InChI=1S/C22H34N8OS/c1-6-8-16(14-23)21(31)27-17-9-11-18(12-10-17)32-20-13-19(24-4)30(5)22(28-20)26-15(3)29-25-7-2/h9-13,16,25H,6-8,14,23H2,1-5H3,(H,27,31)(H,26,28,29). The number of nitrogens with one attached hydrogen (secondary N) is 3. The van der Waals surface area contributed by atoms with Gasteiger partial charge in [0.1, 0.15) is 16.3 Å². The average molecular weight is 459 g/mol. The van der Waals surface area contributed by atoms with Crippen molar-refractivity contribution in [2.45, 2.75) is 43.5 Å². The lowest BCUT2D eigenvalue weighted by atomic mass is 10.0. The van der Waals surface area contributed by atoms with Crippen molar-refractivity contribution >= 4 is 35.1 Å². The van der Waals surface area contributed by atoms with Crippen molar-refractivity contribution in [2.75, 3.05) is 25.5 Å². The molecule has 0 fully saturated rings. The summed E-state index contributed by atoms with van der Waals surface area (Å²) in [5.41, 5.74) is 13.3. The fraction of sp³-hybridized carbons (Fsp3) is 0.455. The topological polar surface area (TPSA) is 122 Å². The van der Waals surface area contributed by atoms with Crippen molar-refractivity contribution in [1.29, 1.82) is 0 Å². The number of carbonyl (C=O) groups excluding carboxylic acids is 1. The van der Waals surface area contributed by atoms with Crippen LogP contribution in [0.1, 0.15) is 33.6 Å². The fourth-order valence-electron chi connectivity index (χ4n) is 2.95. The van der Waals surface area contributed by atoms with Crippen LogP contribution in [0.25, 0.3) is 0 Å². The number of nitrogens with two attached hydrogens (primary N) is 1. The van der Waals surface area contributed by atoms with Crippen LogP contribution in [0.2, 0.25) is 0 Å². The van der Waals surface area contributed by atoms with E-state index in [0.717, 1.165) is 40.5 Å². The first-order chi connectivity index (χ1) is 15.4. The zero-order chi connectivity index (χ0) is 23.5. The maximum atomic E-state index is 12.4. The summed E-state index contributed by atoms with van der Waals surface area (Å²) in [6.07, 6.45) is 1.71. The van der Waals surface area contributed by atoms with Crippen molar-refractivity contribution in [2.24, 2.45) is 28.7 Å². The molecule has 1 aromatic heterocycles. The molecule has 1 amide bonds. The molecule has 174 valence electrons. The second-order valence-electron chi connectivity index (χ2n) is 7.22. The van der Waals surface area contributed by atoms with E-state index in [0.29, 0.717) is 18.3 Å². The van der Waals surface area contributed by atoms with Crippen LogP contribution in [0, 0.1) is 5.92 Å². The number of aliphatic imine (C=N–C) groups is 1. The molecule has 2 aromatic rings. The predicted molar refractivity (Wildman–Crippen MR) is 131 cm³/mol. The first kappa shape index (κ1) is 25.6. The molecular formula is C22H34N8OS. The highest BCUT2D eigenvalue weighted by atomic mass is 32.2. The van der Waals surface area contributed by atoms with Gasteiger partial charge in [0, 0.05) is 43.8 Å². The number of nitrogens with zero attached hydrogens (tertiary/aromatic N) is 4. The zero-order valence-corrected chi connectivity index (χ0v) is 20.3. The molecule has 0 bridgehead atoms. The highest BCUT2D eigenvalue weighted by Gasteiger charge is 2.15. The molecule has 0 radical (unpaired) electrons. The quantitative estimate of drug-likeness (QED) is 0.188. The third-order valence-corrected chi connectivity index (χ3v) is 5.61. The number of aromatic nitrogens is 2. The van der Waals surface area contributed by atoms with E-state index in [2.05, 4.69) is 31.1 Å². The largest absolute Gasteiger partial charge is 0.330 e. The molecule has 1 unspecified atom stereocenters. The summed E-state index contributed by atoms with van der Waals surface area (Å²) in [5.74, 6) is 1.05. The van der Waals surface area contributed by atoms with Crippen molar-refractivity contribution in [3.63, 3.8) is 0 Å². The Morgan fingerprint density at radius 2 is 2.00 bits per heavy atom. The first-order valence-electron chi connectivity index (χ1n) is 10.8. The number of carbonyl (C=O) groups is 1. The molecule has 0 saturated carbocycles. The minimum atomic E-state index is -0.163. The minimum Gasteiger partial charge on any atom is -0.330 e. The average Bonchev–Trinajstić information content (AvgIpc) is 2.79. The number of benzene rings is 1. The summed E-state index contributed by atoms with van der Waals surface area (Å²) >= 11 is 1.51. The molecule has 32 heavy (non-hydrogen) atoms. The summed E-state index contributed by atoms with van der Waals surface area (Å²) in [4.78, 5) is 26.9. The zero-order valence-electron chi connectivity index (χ0n) is 19.5. The van der Waals surface area contributed by atoms with E-state index >= 15 is 0 Å². The molecule has 0 saturated heterocycles. The third kappa shape index (κ3) is 7.47. The fourth-order valence-corrected chi connectivity index (χ4v) is 3.76. The Morgan fingerprint density at radius 3 is 2.59 bits per heavy atom. The van der Waals surface area contributed by atoms with Gasteiger partial charge in [-0.25, -0.2) is 10.4 Å². The Balaban J connectivity index is 2.18. The Labute approximate surface area is 194 Å². The van der Waals surface area contributed by atoms with Crippen LogP contribution in [-0.2, 0) is 11.8 Å². The van der Waals surface area contributed by atoms with Gasteiger partial charge < -0.3 is 16.5 Å².